The second-order valence-electron chi connectivity index (χ2n) is 6.34. The highest BCUT2D eigenvalue weighted by molar-refractivity contribution is 6.30. The Morgan fingerprint density at radius 2 is 1.81 bits per heavy atom. The van der Waals surface area contributed by atoms with Gasteiger partial charge in [0.1, 0.15) is 0 Å². The maximum Gasteiger partial charge on any atom is 0.274 e. The Bertz CT molecular complexity index is 999. The number of benzene rings is 2. The van der Waals surface area contributed by atoms with Gasteiger partial charge in [-0.25, -0.2) is 0 Å². The third kappa shape index (κ3) is 3.94. The summed E-state index contributed by atoms with van der Waals surface area (Å²) in [4.78, 5) is 0. The molecule has 4 rings (SSSR count). The fourth-order valence-corrected chi connectivity index (χ4v) is 3.22. The van der Waals surface area contributed by atoms with Crippen LogP contribution in [-0.2, 0) is 0 Å². The Kier molecular flexibility index (Phi) is 5.05. The number of aromatic nitrogens is 2. The molecule has 2 N–H and O–H groups in total. The average molecular weight is 381 g/mol. The summed E-state index contributed by atoms with van der Waals surface area (Å²) in [6.45, 7) is 2.04. The van der Waals surface area contributed by atoms with Crippen molar-refractivity contribution in [1.82, 2.24) is 10.2 Å². The van der Waals surface area contributed by atoms with E-state index >= 15 is 0 Å². The fraction of sp³-hybridized carbons (Fsp3) is 0.143. The molecule has 0 saturated heterocycles. The summed E-state index contributed by atoms with van der Waals surface area (Å²) >= 11 is 6.05. The standard InChI is InChI=1S/C21H18ClN3O2/c1-14(20-24-25-21(27-20)16-9-5-10-17(22)13-16)23-19(18-11-6-12-26-18)15-7-3-2-4-8-15/h2-14,19,23H,1H3/p+1/t14-,19+/m1/s1. The van der Waals surface area contributed by atoms with Gasteiger partial charge in [-0.05, 0) is 37.3 Å². The molecular weight excluding hydrogens is 362 g/mol. The minimum Gasteiger partial charge on any atom is -0.463 e. The predicted molar refractivity (Wildman–Crippen MR) is 102 cm³/mol. The molecule has 0 radical (unpaired) electrons. The van der Waals surface area contributed by atoms with E-state index in [0.29, 0.717) is 16.8 Å². The first-order chi connectivity index (χ1) is 13.2. The molecule has 0 saturated carbocycles. The topological polar surface area (TPSA) is 68.7 Å². The molecule has 6 heteroatoms. The Morgan fingerprint density at radius 1 is 0.963 bits per heavy atom. The summed E-state index contributed by atoms with van der Waals surface area (Å²) in [5.41, 5.74) is 1.95. The molecule has 0 aliphatic carbocycles. The largest absolute Gasteiger partial charge is 0.463 e. The molecule has 27 heavy (non-hydrogen) atoms. The molecule has 0 aliphatic heterocycles. The highest BCUT2D eigenvalue weighted by Crippen LogP contribution is 2.24. The lowest BCUT2D eigenvalue weighted by Crippen LogP contribution is -2.85. The molecule has 2 heterocycles. The minimum atomic E-state index is -0.0549. The number of hydrogen-bond acceptors (Lipinski definition) is 4. The molecule has 2 aromatic heterocycles. The normalized spacial score (nSPS) is 13.4. The number of quaternary nitrogens is 1. The number of furan rings is 1. The molecule has 0 unspecified atom stereocenters. The molecular formula is C21H19ClN3O2+. The number of rotatable bonds is 6. The van der Waals surface area contributed by atoms with E-state index in [1.165, 1.54) is 0 Å². The summed E-state index contributed by atoms with van der Waals surface area (Å²) in [6, 6.07) is 21.4. The van der Waals surface area contributed by atoms with Gasteiger partial charge in [0.25, 0.3) is 5.89 Å². The van der Waals surface area contributed by atoms with Crippen molar-refractivity contribution in [1.29, 1.82) is 0 Å². The second kappa shape index (κ2) is 7.78. The van der Waals surface area contributed by atoms with Crippen LogP contribution in [0.25, 0.3) is 11.5 Å². The summed E-state index contributed by atoms with van der Waals surface area (Å²) < 4.78 is 11.6. The Hall–Kier alpha value is -2.89. The van der Waals surface area contributed by atoms with Crippen LogP contribution in [0.2, 0.25) is 5.02 Å². The van der Waals surface area contributed by atoms with E-state index in [1.807, 2.05) is 61.5 Å². The predicted octanol–water partition coefficient (Wildman–Crippen LogP) is 4.40. The number of hydrogen-bond donors (Lipinski definition) is 1. The zero-order valence-corrected chi connectivity index (χ0v) is 15.5. The highest BCUT2D eigenvalue weighted by atomic mass is 35.5. The molecule has 5 nitrogen and oxygen atoms in total. The van der Waals surface area contributed by atoms with Gasteiger partial charge in [0.2, 0.25) is 5.89 Å². The minimum absolute atomic E-state index is 0.00211. The van der Waals surface area contributed by atoms with E-state index < -0.39 is 0 Å². The van der Waals surface area contributed by atoms with E-state index in [0.717, 1.165) is 16.9 Å². The maximum atomic E-state index is 6.05. The lowest BCUT2D eigenvalue weighted by molar-refractivity contribution is -0.727. The quantitative estimate of drug-likeness (QED) is 0.538. The van der Waals surface area contributed by atoms with Gasteiger partial charge in [-0.1, -0.05) is 48.0 Å². The van der Waals surface area contributed by atoms with E-state index in [9.17, 15) is 0 Å². The first-order valence-electron chi connectivity index (χ1n) is 8.73. The van der Waals surface area contributed by atoms with Crippen LogP contribution in [0.15, 0.2) is 81.8 Å². The van der Waals surface area contributed by atoms with Crippen LogP contribution in [0, 0.1) is 0 Å². The summed E-state index contributed by atoms with van der Waals surface area (Å²) in [5.74, 6) is 1.89. The smallest absolute Gasteiger partial charge is 0.274 e. The SMILES string of the molecule is C[C@@H]([NH2+][C@@H](c1ccccc1)c1ccco1)c1nnc(-c2cccc(Cl)c2)o1. The summed E-state index contributed by atoms with van der Waals surface area (Å²) in [7, 11) is 0. The molecule has 0 fully saturated rings. The molecule has 136 valence electrons. The molecule has 0 bridgehead atoms. The van der Waals surface area contributed by atoms with Crippen molar-refractivity contribution in [2.75, 3.05) is 0 Å². The molecule has 2 aromatic carbocycles. The lowest BCUT2D eigenvalue weighted by Gasteiger charge is -2.16. The lowest BCUT2D eigenvalue weighted by atomic mass is 10.0. The molecule has 0 amide bonds. The number of nitrogens with zero attached hydrogens (tertiary/aromatic N) is 2. The second-order valence-corrected chi connectivity index (χ2v) is 6.78. The van der Waals surface area contributed by atoms with Crippen molar-refractivity contribution in [3.63, 3.8) is 0 Å². The number of halogens is 1. The molecule has 0 spiro atoms. The van der Waals surface area contributed by atoms with Gasteiger partial charge >= 0.3 is 0 Å². The van der Waals surface area contributed by atoms with Crippen LogP contribution >= 0.6 is 11.6 Å². The van der Waals surface area contributed by atoms with Gasteiger partial charge in [0.15, 0.2) is 17.8 Å². The van der Waals surface area contributed by atoms with Crippen LogP contribution in [0.3, 0.4) is 0 Å². The van der Waals surface area contributed by atoms with Gasteiger partial charge in [-0.15, -0.1) is 10.2 Å². The first-order valence-corrected chi connectivity index (χ1v) is 9.11. The van der Waals surface area contributed by atoms with Gasteiger partial charge < -0.3 is 14.2 Å². The third-order valence-electron chi connectivity index (χ3n) is 4.39. The molecule has 2 atom stereocenters. The van der Waals surface area contributed by atoms with E-state index in [-0.39, 0.29) is 12.1 Å². The van der Waals surface area contributed by atoms with E-state index in [4.69, 9.17) is 20.4 Å². The maximum absolute atomic E-state index is 6.05. The molecule has 4 aromatic rings. The van der Waals surface area contributed by atoms with Gasteiger partial charge in [-0.2, -0.15) is 0 Å². The number of nitrogens with two attached hydrogens (primary N) is 1. The third-order valence-corrected chi connectivity index (χ3v) is 4.63. The van der Waals surface area contributed by atoms with Crippen molar-refractivity contribution in [2.24, 2.45) is 0 Å². The fourth-order valence-electron chi connectivity index (χ4n) is 3.03. The monoisotopic (exact) mass is 380 g/mol. The molecule has 0 aliphatic rings. The Morgan fingerprint density at radius 3 is 2.56 bits per heavy atom. The first kappa shape index (κ1) is 17.5. The summed E-state index contributed by atoms with van der Waals surface area (Å²) in [5, 5.41) is 11.2. The van der Waals surface area contributed by atoms with Crippen LogP contribution < -0.4 is 5.32 Å². The van der Waals surface area contributed by atoms with Crippen molar-refractivity contribution in [3.05, 3.63) is 95.2 Å². The zero-order valence-electron chi connectivity index (χ0n) is 14.7. The van der Waals surface area contributed by atoms with Crippen molar-refractivity contribution < 1.29 is 14.2 Å². The van der Waals surface area contributed by atoms with Crippen molar-refractivity contribution in [2.45, 2.75) is 19.0 Å². The zero-order chi connectivity index (χ0) is 18.6. The van der Waals surface area contributed by atoms with Crippen molar-refractivity contribution >= 4 is 11.6 Å². The van der Waals surface area contributed by atoms with Crippen LogP contribution in [0.5, 0.6) is 0 Å². The van der Waals surface area contributed by atoms with Gasteiger partial charge in [-0.3, -0.25) is 0 Å². The van der Waals surface area contributed by atoms with Crippen molar-refractivity contribution in [3.8, 4) is 11.5 Å². The summed E-state index contributed by atoms with van der Waals surface area (Å²) in [6.07, 6.45) is 1.69. The average Bonchev–Trinajstić information content (AvgIpc) is 3.39. The van der Waals surface area contributed by atoms with Gasteiger partial charge in [0.05, 0.1) is 6.26 Å². The Balaban J connectivity index is 1.58. The van der Waals surface area contributed by atoms with Crippen LogP contribution in [0.4, 0.5) is 0 Å². The van der Waals surface area contributed by atoms with E-state index in [1.54, 1.807) is 6.26 Å². The van der Waals surface area contributed by atoms with E-state index in [2.05, 4.69) is 27.6 Å². The Labute approximate surface area is 162 Å². The van der Waals surface area contributed by atoms with Gasteiger partial charge in [0, 0.05) is 16.1 Å². The van der Waals surface area contributed by atoms with Crippen LogP contribution in [-0.4, -0.2) is 10.2 Å². The highest BCUT2D eigenvalue weighted by Gasteiger charge is 2.26. The van der Waals surface area contributed by atoms with Crippen LogP contribution in [0.1, 0.15) is 36.2 Å².